The molecule has 116 valence electrons. The molecule has 0 saturated carbocycles. The molecule has 2 aliphatic heterocycles. The summed E-state index contributed by atoms with van der Waals surface area (Å²) in [5, 5.41) is 13.2. The Balaban J connectivity index is 2.03. The van der Waals surface area contributed by atoms with Gasteiger partial charge in [-0.05, 0) is 69.8 Å². The number of anilines is 1. The number of hydrogen-bond donors (Lipinski definition) is 2. The first-order chi connectivity index (χ1) is 10.0. The van der Waals surface area contributed by atoms with Crippen molar-refractivity contribution in [3.05, 3.63) is 29.1 Å². The first-order valence-corrected chi connectivity index (χ1v) is 7.95. The summed E-state index contributed by atoms with van der Waals surface area (Å²) < 4.78 is 14.0. The van der Waals surface area contributed by atoms with Gasteiger partial charge < -0.3 is 15.3 Å². The average molecular weight is 292 g/mol. The van der Waals surface area contributed by atoms with Gasteiger partial charge in [0.2, 0.25) is 0 Å². The molecule has 3 atom stereocenters. The molecule has 2 N–H and O–H groups in total. The van der Waals surface area contributed by atoms with Crippen LogP contribution < -0.4 is 10.2 Å². The highest BCUT2D eigenvalue weighted by atomic mass is 19.1. The van der Waals surface area contributed by atoms with Crippen LogP contribution in [0.2, 0.25) is 0 Å². The van der Waals surface area contributed by atoms with E-state index in [2.05, 4.69) is 17.1 Å². The topological polar surface area (TPSA) is 35.5 Å². The first-order valence-electron chi connectivity index (χ1n) is 7.95. The minimum Gasteiger partial charge on any atom is -0.393 e. The number of hydrogen-bond acceptors (Lipinski definition) is 3. The van der Waals surface area contributed by atoms with E-state index in [1.165, 1.54) is 0 Å². The van der Waals surface area contributed by atoms with E-state index in [0.29, 0.717) is 17.6 Å². The van der Waals surface area contributed by atoms with Crippen LogP contribution in [0.5, 0.6) is 0 Å². The van der Waals surface area contributed by atoms with Crippen LogP contribution in [0.4, 0.5) is 10.1 Å². The SMILES string of the molecule is CNC(C)c1cc(F)c(C)cc1N1C2CCC1CC(O)C2. The van der Waals surface area contributed by atoms with Crippen molar-refractivity contribution < 1.29 is 9.50 Å². The summed E-state index contributed by atoms with van der Waals surface area (Å²) in [4.78, 5) is 2.45. The van der Waals surface area contributed by atoms with E-state index in [4.69, 9.17) is 0 Å². The first kappa shape index (κ1) is 14.8. The molecular weight excluding hydrogens is 267 g/mol. The number of benzene rings is 1. The Morgan fingerprint density at radius 1 is 1.29 bits per heavy atom. The second kappa shape index (κ2) is 5.58. The molecule has 1 aromatic carbocycles. The quantitative estimate of drug-likeness (QED) is 0.899. The molecule has 3 unspecified atom stereocenters. The lowest BCUT2D eigenvalue weighted by molar-refractivity contribution is 0.126. The number of nitrogens with zero attached hydrogens (tertiary/aromatic N) is 1. The Morgan fingerprint density at radius 3 is 2.48 bits per heavy atom. The van der Waals surface area contributed by atoms with Gasteiger partial charge >= 0.3 is 0 Å². The van der Waals surface area contributed by atoms with E-state index in [-0.39, 0.29) is 18.0 Å². The van der Waals surface area contributed by atoms with Crippen molar-refractivity contribution in [1.29, 1.82) is 0 Å². The molecule has 0 aromatic heterocycles. The fourth-order valence-corrected chi connectivity index (χ4v) is 3.95. The predicted molar refractivity (Wildman–Crippen MR) is 83.1 cm³/mol. The molecule has 2 saturated heterocycles. The summed E-state index contributed by atoms with van der Waals surface area (Å²) in [6.07, 6.45) is 3.75. The fourth-order valence-electron chi connectivity index (χ4n) is 3.95. The third-order valence-corrected chi connectivity index (χ3v) is 5.19. The molecule has 2 bridgehead atoms. The van der Waals surface area contributed by atoms with Gasteiger partial charge in [0.1, 0.15) is 5.82 Å². The zero-order valence-electron chi connectivity index (χ0n) is 13.1. The molecule has 0 spiro atoms. The van der Waals surface area contributed by atoms with Gasteiger partial charge in [0.15, 0.2) is 0 Å². The third-order valence-electron chi connectivity index (χ3n) is 5.19. The highest BCUT2D eigenvalue weighted by Crippen LogP contribution is 2.42. The number of aliphatic hydroxyl groups is 1. The largest absolute Gasteiger partial charge is 0.393 e. The summed E-state index contributed by atoms with van der Waals surface area (Å²) in [6.45, 7) is 3.89. The highest BCUT2D eigenvalue weighted by molar-refractivity contribution is 5.59. The van der Waals surface area contributed by atoms with E-state index in [1.54, 1.807) is 6.07 Å². The zero-order chi connectivity index (χ0) is 15.1. The number of aryl methyl sites for hydroxylation is 1. The van der Waals surface area contributed by atoms with E-state index < -0.39 is 0 Å². The van der Waals surface area contributed by atoms with Gasteiger partial charge in [-0.25, -0.2) is 4.39 Å². The Kier molecular flexibility index (Phi) is 3.93. The van der Waals surface area contributed by atoms with Gasteiger partial charge in [-0.15, -0.1) is 0 Å². The number of halogens is 1. The van der Waals surface area contributed by atoms with Gasteiger partial charge in [0, 0.05) is 23.8 Å². The van der Waals surface area contributed by atoms with E-state index in [0.717, 1.165) is 36.9 Å². The van der Waals surface area contributed by atoms with E-state index in [1.807, 2.05) is 20.0 Å². The summed E-state index contributed by atoms with van der Waals surface area (Å²) in [5.74, 6) is -0.139. The lowest BCUT2D eigenvalue weighted by atomic mass is 9.95. The van der Waals surface area contributed by atoms with E-state index in [9.17, 15) is 9.50 Å². The van der Waals surface area contributed by atoms with Gasteiger partial charge in [-0.1, -0.05) is 0 Å². The lowest BCUT2D eigenvalue weighted by Crippen LogP contribution is -2.45. The van der Waals surface area contributed by atoms with Crippen LogP contribution in [0.25, 0.3) is 0 Å². The molecular formula is C17H25FN2O. The van der Waals surface area contributed by atoms with Gasteiger partial charge in [-0.3, -0.25) is 0 Å². The second-order valence-electron chi connectivity index (χ2n) is 6.59. The summed E-state index contributed by atoms with van der Waals surface area (Å²) >= 11 is 0. The summed E-state index contributed by atoms with van der Waals surface area (Å²) in [6, 6.07) is 4.57. The van der Waals surface area contributed by atoms with E-state index >= 15 is 0 Å². The predicted octanol–water partition coefficient (Wildman–Crippen LogP) is 2.91. The van der Waals surface area contributed by atoms with Gasteiger partial charge in [0.05, 0.1) is 6.10 Å². The second-order valence-corrected chi connectivity index (χ2v) is 6.59. The van der Waals surface area contributed by atoms with Crippen molar-refractivity contribution in [3.8, 4) is 0 Å². The normalized spacial score (nSPS) is 29.8. The summed E-state index contributed by atoms with van der Waals surface area (Å²) in [7, 11) is 1.90. The van der Waals surface area contributed by atoms with Crippen LogP contribution in [0, 0.1) is 12.7 Å². The van der Waals surface area contributed by atoms with Gasteiger partial charge in [0.25, 0.3) is 0 Å². The third kappa shape index (κ3) is 2.55. The van der Waals surface area contributed by atoms with Crippen molar-refractivity contribution in [2.24, 2.45) is 0 Å². The average Bonchev–Trinajstić information content (AvgIpc) is 2.72. The molecule has 2 fully saturated rings. The highest BCUT2D eigenvalue weighted by Gasteiger charge is 2.41. The number of rotatable bonds is 3. The van der Waals surface area contributed by atoms with Crippen LogP contribution in [0.3, 0.4) is 0 Å². The Morgan fingerprint density at radius 2 is 1.90 bits per heavy atom. The Labute approximate surface area is 126 Å². The monoisotopic (exact) mass is 292 g/mol. The lowest BCUT2D eigenvalue weighted by Gasteiger charge is -2.40. The molecule has 0 radical (unpaired) electrons. The fraction of sp³-hybridized carbons (Fsp3) is 0.647. The molecule has 0 amide bonds. The smallest absolute Gasteiger partial charge is 0.126 e. The maximum absolute atomic E-state index is 14.0. The van der Waals surface area contributed by atoms with Crippen molar-refractivity contribution in [2.75, 3.05) is 11.9 Å². The van der Waals surface area contributed by atoms with Crippen LogP contribution in [0.1, 0.15) is 49.8 Å². The number of fused-ring (bicyclic) bond motifs is 2. The standard InChI is InChI=1S/C17H25FN2O/c1-10-6-17(15(9-16(10)18)11(2)19-3)20-12-4-5-13(20)8-14(21)7-12/h6,9,11-14,19,21H,4-5,7-8H2,1-3H3. The summed E-state index contributed by atoms with van der Waals surface area (Å²) in [5.41, 5.74) is 2.87. The maximum atomic E-state index is 14.0. The van der Waals surface area contributed by atoms with Gasteiger partial charge in [-0.2, -0.15) is 0 Å². The molecule has 21 heavy (non-hydrogen) atoms. The minimum absolute atomic E-state index is 0.112. The number of nitrogens with one attached hydrogen (secondary N) is 1. The van der Waals surface area contributed by atoms with Crippen LogP contribution >= 0.6 is 0 Å². The maximum Gasteiger partial charge on any atom is 0.126 e. The molecule has 2 aliphatic rings. The molecule has 0 aliphatic carbocycles. The van der Waals surface area contributed by atoms with Crippen LogP contribution in [-0.4, -0.2) is 30.3 Å². The van der Waals surface area contributed by atoms with Crippen LogP contribution in [-0.2, 0) is 0 Å². The molecule has 1 aromatic rings. The van der Waals surface area contributed by atoms with Crippen molar-refractivity contribution in [3.63, 3.8) is 0 Å². The Hall–Kier alpha value is -1.13. The minimum atomic E-state index is -0.175. The van der Waals surface area contributed by atoms with Crippen molar-refractivity contribution in [2.45, 2.75) is 63.8 Å². The molecule has 4 heteroatoms. The molecule has 2 heterocycles. The zero-order valence-corrected chi connectivity index (χ0v) is 13.1. The molecule has 3 rings (SSSR count). The van der Waals surface area contributed by atoms with Crippen molar-refractivity contribution >= 4 is 5.69 Å². The van der Waals surface area contributed by atoms with Crippen LogP contribution in [0.15, 0.2) is 12.1 Å². The van der Waals surface area contributed by atoms with Crippen molar-refractivity contribution in [1.82, 2.24) is 5.32 Å². The molecule has 3 nitrogen and oxygen atoms in total. The number of aliphatic hydroxyl groups excluding tert-OH is 1. The Bertz CT molecular complexity index is 520. The number of piperidine rings is 1.